The third-order valence-corrected chi connectivity index (χ3v) is 4.47. The largest absolute Gasteiger partial charge is 0.396 e. The van der Waals surface area contributed by atoms with Crippen LogP contribution >= 0.6 is 0 Å². The maximum Gasteiger partial charge on any atom is 0.222 e. The lowest BCUT2D eigenvalue weighted by Crippen LogP contribution is -2.32. The van der Waals surface area contributed by atoms with Crippen LogP contribution in [0.25, 0.3) is 0 Å². The zero-order chi connectivity index (χ0) is 15.8. The van der Waals surface area contributed by atoms with Gasteiger partial charge in [-0.1, -0.05) is 30.3 Å². The molecule has 0 bridgehead atoms. The van der Waals surface area contributed by atoms with Gasteiger partial charge < -0.3 is 14.7 Å². The molecule has 1 saturated heterocycles. The fourth-order valence-corrected chi connectivity index (χ4v) is 3.09. The van der Waals surface area contributed by atoms with Crippen molar-refractivity contribution in [2.75, 3.05) is 26.9 Å². The topological polar surface area (TPSA) is 49.8 Å². The SMILES string of the molecule is CN(C(=O)CCC1CCCOC1)C(CCO)c1ccccc1. The molecule has 2 rings (SSSR count). The Labute approximate surface area is 133 Å². The summed E-state index contributed by atoms with van der Waals surface area (Å²) < 4.78 is 5.47. The Bertz CT molecular complexity index is 443. The van der Waals surface area contributed by atoms with Gasteiger partial charge >= 0.3 is 0 Å². The number of rotatable bonds is 7. The Morgan fingerprint density at radius 3 is 2.82 bits per heavy atom. The molecule has 1 amide bonds. The molecule has 22 heavy (non-hydrogen) atoms. The van der Waals surface area contributed by atoms with E-state index < -0.39 is 0 Å². The van der Waals surface area contributed by atoms with Gasteiger partial charge in [-0.3, -0.25) is 4.79 Å². The average Bonchev–Trinajstić information content (AvgIpc) is 2.58. The van der Waals surface area contributed by atoms with Crippen LogP contribution in [0.15, 0.2) is 30.3 Å². The van der Waals surface area contributed by atoms with E-state index >= 15 is 0 Å². The van der Waals surface area contributed by atoms with E-state index in [0.717, 1.165) is 38.0 Å². The predicted octanol–water partition coefficient (Wildman–Crippen LogP) is 2.78. The number of nitrogens with zero attached hydrogens (tertiary/aromatic N) is 1. The molecule has 4 heteroatoms. The third-order valence-electron chi connectivity index (χ3n) is 4.47. The van der Waals surface area contributed by atoms with Crippen molar-refractivity contribution < 1.29 is 14.6 Å². The van der Waals surface area contributed by atoms with Crippen molar-refractivity contribution in [2.45, 2.75) is 38.1 Å². The summed E-state index contributed by atoms with van der Waals surface area (Å²) >= 11 is 0. The minimum Gasteiger partial charge on any atom is -0.396 e. The quantitative estimate of drug-likeness (QED) is 0.842. The Hall–Kier alpha value is -1.39. The molecule has 1 N–H and O–H groups in total. The molecule has 0 saturated carbocycles. The highest BCUT2D eigenvalue weighted by molar-refractivity contribution is 5.76. The van der Waals surface area contributed by atoms with Crippen LogP contribution < -0.4 is 0 Å². The van der Waals surface area contributed by atoms with Crippen molar-refractivity contribution in [2.24, 2.45) is 5.92 Å². The fraction of sp³-hybridized carbons (Fsp3) is 0.611. The van der Waals surface area contributed by atoms with Crippen LogP contribution in [0.1, 0.15) is 43.7 Å². The number of hydrogen-bond acceptors (Lipinski definition) is 3. The zero-order valence-corrected chi connectivity index (χ0v) is 13.4. The summed E-state index contributed by atoms with van der Waals surface area (Å²) in [5.41, 5.74) is 1.08. The van der Waals surface area contributed by atoms with Gasteiger partial charge in [0, 0.05) is 33.3 Å². The Morgan fingerprint density at radius 2 is 2.18 bits per heavy atom. The van der Waals surface area contributed by atoms with E-state index in [4.69, 9.17) is 4.74 Å². The van der Waals surface area contributed by atoms with Crippen LogP contribution in [0.5, 0.6) is 0 Å². The van der Waals surface area contributed by atoms with E-state index in [1.54, 1.807) is 4.90 Å². The molecule has 1 fully saturated rings. The van der Waals surface area contributed by atoms with Crippen LogP contribution in [0.3, 0.4) is 0 Å². The first-order chi connectivity index (χ1) is 10.7. The first kappa shape index (κ1) is 17.0. The minimum absolute atomic E-state index is 0.0543. The van der Waals surface area contributed by atoms with Crippen molar-refractivity contribution in [1.82, 2.24) is 4.90 Å². The standard InChI is InChI=1S/C18H27NO3/c1-19(17(11-12-20)16-7-3-2-4-8-16)18(21)10-9-15-6-5-13-22-14-15/h2-4,7-8,15,17,20H,5-6,9-14H2,1H3. The number of hydrogen-bond donors (Lipinski definition) is 1. The van der Waals surface area contributed by atoms with Crippen molar-refractivity contribution in [3.8, 4) is 0 Å². The molecular weight excluding hydrogens is 278 g/mol. The van der Waals surface area contributed by atoms with Crippen molar-refractivity contribution >= 4 is 5.91 Å². The van der Waals surface area contributed by atoms with Gasteiger partial charge in [0.05, 0.1) is 6.04 Å². The first-order valence-corrected chi connectivity index (χ1v) is 8.21. The number of carbonyl (C=O) groups is 1. The van der Waals surface area contributed by atoms with Gasteiger partial charge in [-0.25, -0.2) is 0 Å². The number of carbonyl (C=O) groups excluding carboxylic acids is 1. The van der Waals surface area contributed by atoms with Gasteiger partial charge in [-0.2, -0.15) is 0 Å². The second-order valence-corrected chi connectivity index (χ2v) is 6.07. The highest BCUT2D eigenvalue weighted by Crippen LogP contribution is 2.25. The second kappa shape index (κ2) is 8.91. The Kier molecular flexibility index (Phi) is 6.87. The second-order valence-electron chi connectivity index (χ2n) is 6.07. The monoisotopic (exact) mass is 305 g/mol. The molecule has 4 nitrogen and oxygen atoms in total. The lowest BCUT2D eigenvalue weighted by atomic mass is 9.96. The van der Waals surface area contributed by atoms with Crippen LogP contribution in [-0.4, -0.2) is 42.8 Å². The molecular formula is C18H27NO3. The number of benzene rings is 1. The first-order valence-electron chi connectivity index (χ1n) is 8.21. The molecule has 0 aliphatic carbocycles. The molecule has 2 atom stereocenters. The molecule has 2 unspecified atom stereocenters. The van der Waals surface area contributed by atoms with E-state index in [-0.39, 0.29) is 18.6 Å². The summed E-state index contributed by atoms with van der Waals surface area (Å²) in [7, 11) is 1.84. The number of ether oxygens (including phenoxy) is 1. The predicted molar refractivity (Wildman–Crippen MR) is 86.4 cm³/mol. The molecule has 0 radical (unpaired) electrons. The van der Waals surface area contributed by atoms with Crippen LogP contribution in [0.2, 0.25) is 0 Å². The average molecular weight is 305 g/mol. The van der Waals surface area contributed by atoms with Gasteiger partial charge in [-0.15, -0.1) is 0 Å². The molecule has 122 valence electrons. The summed E-state index contributed by atoms with van der Waals surface area (Å²) in [5.74, 6) is 0.659. The van der Waals surface area contributed by atoms with Crippen molar-refractivity contribution in [3.63, 3.8) is 0 Å². The van der Waals surface area contributed by atoms with E-state index in [9.17, 15) is 9.90 Å². The Balaban J connectivity index is 1.91. The summed E-state index contributed by atoms with van der Waals surface area (Å²) in [6.45, 7) is 1.72. The Morgan fingerprint density at radius 1 is 1.41 bits per heavy atom. The maximum absolute atomic E-state index is 12.5. The van der Waals surface area contributed by atoms with E-state index in [2.05, 4.69) is 0 Å². The van der Waals surface area contributed by atoms with Gasteiger partial charge in [0.1, 0.15) is 0 Å². The van der Waals surface area contributed by atoms with Crippen LogP contribution in [-0.2, 0) is 9.53 Å². The molecule has 0 aromatic heterocycles. The normalized spacial score (nSPS) is 19.6. The fourth-order valence-electron chi connectivity index (χ4n) is 3.09. The number of aliphatic hydroxyl groups excluding tert-OH is 1. The maximum atomic E-state index is 12.5. The van der Waals surface area contributed by atoms with Gasteiger partial charge in [0.2, 0.25) is 5.91 Å². The minimum atomic E-state index is -0.0543. The molecule has 1 aliphatic rings. The van der Waals surface area contributed by atoms with Gasteiger partial charge in [-0.05, 0) is 37.2 Å². The number of amides is 1. The highest BCUT2D eigenvalue weighted by atomic mass is 16.5. The van der Waals surface area contributed by atoms with Gasteiger partial charge in [0.15, 0.2) is 0 Å². The molecule has 1 aromatic rings. The molecule has 1 aromatic carbocycles. The smallest absolute Gasteiger partial charge is 0.222 e. The van der Waals surface area contributed by atoms with Gasteiger partial charge in [0.25, 0.3) is 0 Å². The van der Waals surface area contributed by atoms with Crippen LogP contribution in [0.4, 0.5) is 0 Å². The summed E-state index contributed by atoms with van der Waals surface area (Å²) in [5, 5.41) is 9.31. The van der Waals surface area contributed by atoms with Crippen molar-refractivity contribution in [3.05, 3.63) is 35.9 Å². The third kappa shape index (κ3) is 4.82. The lowest BCUT2D eigenvalue weighted by Gasteiger charge is -2.29. The molecule has 1 aliphatic heterocycles. The zero-order valence-electron chi connectivity index (χ0n) is 13.4. The highest BCUT2D eigenvalue weighted by Gasteiger charge is 2.22. The van der Waals surface area contributed by atoms with Crippen molar-refractivity contribution in [1.29, 1.82) is 0 Å². The molecule has 1 heterocycles. The van der Waals surface area contributed by atoms with E-state index in [1.165, 1.54) is 0 Å². The lowest BCUT2D eigenvalue weighted by molar-refractivity contribution is -0.133. The summed E-state index contributed by atoms with van der Waals surface area (Å²) in [6, 6.07) is 9.87. The van der Waals surface area contributed by atoms with E-state index in [1.807, 2.05) is 37.4 Å². The number of aliphatic hydroxyl groups is 1. The van der Waals surface area contributed by atoms with Crippen LogP contribution in [0, 0.1) is 5.92 Å². The molecule has 0 spiro atoms. The van der Waals surface area contributed by atoms with E-state index in [0.29, 0.717) is 18.8 Å². The summed E-state index contributed by atoms with van der Waals surface area (Å²) in [6.07, 6.45) is 4.28. The summed E-state index contributed by atoms with van der Waals surface area (Å²) in [4.78, 5) is 14.3.